The van der Waals surface area contributed by atoms with Gasteiger partial charge in [0, 0.05) is 24.1 Å². The fourth-order valence-corrected chi connectivity index (χ4v) is 3.65. The van der Waals surface area contributed by atoms with Crippen molar-refractivity contribution in [2.75, 3.05) is 0 Å². The number of nitrogens with zero attached hydrogens (tertiary/aromatic N) is 2. The fourth-order valence-electron chi connectivity index (χ4n) is 3.65. The largest absolute Gasteiger partial charge is 0.507 e. The standard InChI is InChI=1S/C20H24N2O2/c1-12(2)15-6-5-13(3)7-16(15)20-18(23)8-14(9-19(20)24)17-10-21-11-22(17)4/h7-11,15-16,23-24H,1,5-6H2,2-4H3/t15-,16+/m0/s1. The number of hydrogen-bond donors (Lipinski definition) is 2. The number of phenols is 2. The Morgan fingerprint density at radius 2 is 1.96 bits per heavy atom. The van der Waals surface area contributed by atoms with Crippen LogP contribution in [0.25, 0.3) is 11.3 Å². The molecule has 0 aliphatic heterocycles. The molecule has 1 heterocycles. The molecular weight excluding hydrogens is 300 g/mol. The molecule has 1 aliphatic carbocycles. The van der Waals surface area contributed by atoms with E-state index in [1.807, 2.05) is 18.5 Å². The van der Waals surface area contributed by atoms with Gasteiger partial charge in [0.1, 0.15) is 11.5 Å². The highest BCUT2D eigenvalue weighted by atomic mass is 16.3. The van der Waals surface area contributed by atoms with Crippen LogP contribution in [0.1, 0.15) is 38.2 Å². The average Bonchev–Trinajstić information content (AvgIpc) is 2.92. The number of aromatic hydroxyl groups is 2. The van der Waals surface area contributed by atoms with Gasteiger partial charge in [-0.05, 0) is 44.7 Å². The molecule has 2 N–H and O–H groups in total. The van der Waals surface area contributed by atoms with E-state index in [9.17, 15) is 10.2 Å². The SMILES string of the molecule is C=C(C)[C@@H]1CCC(C)=C[C@H]1c1c(O)cc(-c2cncn2C)cc1O. The Balaban J connectivity index is 2.10. The lowest BCUT2D eigenvalue weighted by molar-refractivity contribution is 0.407. The molecule has 0 unspecified atom stereocenters. The van der Waals surface area contributed by atoms with Crippen molar-refractivity contribution in [1.29, 1.82) is 0 Å². The van der Waals surface area contributed by atoms with Gasteiger partial charge in [-0.1, -0.05) is 23.8 Å². The predicted octanol–water partition coefficient (Wildman–Crippen LogP) is 4.51. The zero-order valence-corrected chi connectivity index (χ0v) is 14.5. The third kappa shape index (κ3) is 2.84. The molecular formula is C20H24N2O2. The first-order valence-corrected chi connectivity index (χ1v) is 8.23. The first-order valence-electron chi connectivity index (χ1n) is 8.23. The molecule has 4 heteroatoms. The molecule has 0 saturated carbocycles. The summed E-state index contributed by atoms with van der Waals surface area (Å²) >= 11 is 0. The number of hydrogen-bond acceptors (Lipinski definition) is 3. The highest BCUT2D eigenvalue weighted by Gasteiger charge is 2.30. The fraction of sp³-hybridized carbons (Fsp3) is 0.350. The van der Waals surface area contributed by atoms with E-state index < -0.39 is 0 Å². The summed E-state index contributed by atoms with van der Waals surface area (Å²) in [4.78, 5) is 4.09. The van der Waals surface area contributed by atoms with Crippen LogP contribution >= 0.6 is 0 Å². The predicted molar refractivity (Wildman–Crippen MR) is 96.0 cm³/mol. The molecule has 0 fully saturated rings. The van der Waals surface area contributed by atoms with Gasteiger partial charge >= 0.3 is 0 Å². The van der Waals surface area contributed by atoms with Crippen LogP contribution in [0, 0.1) is 5.92 Å². The Hall–Kier alpha value is -2.49. The first-order chi connectivity index (χ1) is 11.4. The molecule has 0 radical (unpaired) electrons. The minimum Gasteiger partial charge on any atom is -0.507 e. The van der Waals surface area contributed by atoms with Crippen LogP contribution in [0.15, 0.2) is 48.5 Å². The van der Waals surface area contributed by atoms with Crippen molar-refractivity contribution in [3.8, 4) is 22.8 Å². The Morgan fingerprint density at radius 1 is 1.29 bits per heavy atom. The molecule has 0 amide bonds. The van der Waals surface area contributed by atoms with E-state index in [-0.39, 0.29) is 23.3 Å². The zero-order chi connectivity index (χ0) is 17.4. The number of aromatic nitrogens is 2. The number of phenolic OH excluding ortho intramolecular Hbond substituents is 2. The van der Waals surface area contributed by atoms with Crippen LogP contribution in [0.3, 0.4) is 0 Å². The number of imidazole rings is 1. The quantitative estimate of drug-likeness (QED) is 0.816. The summed E-state index contributed by atoms with van der Waals surface area (Å²) in [5.41, 5.74) is 4.55. The molecule has 0 bridgehead atoms. The van der Waals surface area contributed by atoms with Gasteiger partial charge in [0.05, 0.1) is 18.2 Å². The number of aryl methyl sites for hydroxylation is 1. The first kappa shape index (κ1) is 16.4. The van der Waals surface area contributed by atoms with Gasteiger partial charge in [-0.3, -0.25) is 0 Å². The lowest BCUT2D eigenvalue weighted by Crippen LogP contribution is -2.17. The second kappa shape index (κ2) is 6.19. The molecule has 2 atom stereocenters. The maximum absolute atomic E-state index is 10.7. The van der Waals surface area contributed by atoms with Crippen molar-refractivity contribution in [1.82, 2.24) is 9.55 Å². The molecule has 126 valence electrons. The molecule has 3 rings (SSSR count). The summed E-state index contributed by atoms with van der Waals surface area (Å²) in [5.74, 6) is 0.423. The summed E-state index contributed by atoms with van der Waals surface area (Å²) in [5, 5.41) is 21.3. The zero-order valence-electron chi connectivity index (χ0n) is 14.5. The van der Waals surface area contributed by atoms with Crippen LogP contribution in [-0.4, -0.2) is 19.8 Å². The topological polar surface area (TPSA) is 58.3 Å². The van der Waals surface area contributed by atoms with Crippen molar-refractivity contribution in [3.05, 3.63) is 54.0 Å². The second-order valence-electron chi connectivity index (χ2n) is 6.85. The second-order valence-corrected chi connectivity index (χ2v) is 6.85. The summed E-state index contributed by atoms with van der Waals surface area (Å²) in [6, 6.07) is 3.42. The molecule has 2 aromatic rings. The van der Waals surface area contributed by atoms with Crippen LogP contribution in [0.4, 0.5) is 0 Å². The molecule has 1 aromatic heterocycles. The van der Waals surface area contributed by atoms with Crippen molar-refractivity contribution < 1.29 is 10.2 Å². The lowest BCUT2D eigenvalue weighted by Gasteiger charge is -2.31. The Bertz CT molecular complexity index is 794. The van der Waals surface area contributed by atoms with Gasteiger partial charge in [-0.15, -0.1) is 0 Å². The van der Waals surface area contributed by atoms with E-state index >= 15 is 0 Å². The van der Waals surface area contributed by atoms with Crippen molar-refractivity contribution >= 4 is 0 Å². The van der Waals surface area contributed by atoms with Crippen LogP contribution in [-0.2, 0) is 7.05 Å². The number of benzene rings is 1. The molecule has 0 spiro atoms. The Morgan fingerprint density at radius 3 is 2.50 bits per heavy atom. The molecule has 1 aromatic carbocycles. The Kier molecular flexibility index (Phi) is 4.22. The molecule has 1 aliphatic rings. The van der Waals surface area contributed by atoms with Gasteiger partial charge < -0.3 is 14.8 Å². The maximum Gasteiger partial charge on any atom is 0.123 e. The van der Waals surface area contributed by atoms with E-state index in [4.69, 9.17) is 0 Å². The van der Waals surface area contributed by atoms with Crippen molar-refractivity contribution in [3.63, 3.8) is 0 Å². The lowest BCUT2D eigenvalue weighted by atomic mass is 9.73. The van der Waals surface area contributed by atoms with Crippen molar-refractivity contribution in [2.24, 2.45) is 13.0 Å². The molecule has 4 nitrogen and oxygen atoms in total. The molecule has 24 heavy (non-hydrogen) atoms. The summed E-state index contributed by atoms with van der Waals surface area (Å²) < 4.78 is 1.86. The van der Waals surface area contributed by atoms with Crippen molar-refractivity contribution in [2.45, 2.75) is 32.6 Å². The molecule has 0 saturated heterocycles. The van der Waals surface area contributed by atoms with E-state index in [0.29, 0.717) is 5.56 Å². The van der Waals surface area contributed by atoms with E-state index in [1.165, 1.54) is 5.57 Å². The minimum atomic E-state index is -0.0446. The third-order valence-electron chi connectivity index (χ3n) is 4.96. The van der Waals surface area contributed by atoms with Crippen LogP contribution in [0.2, 0.25) is 0 Å². The Labute approximate surface area is 142 Å². The third-order valence-corrected chi connectivity index (χ3v) is 4.96. The van der Waals surface area contributed by atoms with E-state index in [0.717, 1.165) is 29.7 Å². The van der Waals surface area contributed by atoms with Gasteiger partial charge in [0.25, 0.3) is 0 Å². The normalized spacial score (nSPS) is 20.7. The highest BCUT2D eigenvalue weighted by molar-refractivity contribution is 5.67. The monoisotopic (exact) mass is 324 g/mol. The minimum absolute atomic E-state index is 0.0446. The van der Waals surface area contributed by atoms with Gasteiger partial charge in [0.2, 0.25) is 0 Å². The number of rotatable bonds is 3. The maximum atomic E-state index is 10.7. The number of allylic oxidation sites excluding steroid dienone is 3. The van der Waals surface area contributed by atoms with Gasteiger partial charge in [0.15, 0.2) is 0 Å². The highest BCUT2D eigenvalue weighted by Crippen LogP contribution is 2.47. The summed E-state index contributed by atoms with van der Waals surface area (Å²) in [6.45, 7) is 8.22. The van der Waals surface area contributed by atoms with Gasteiger partial charge in [-0.25, -0.2) is 4.98 Å². The van der Waals surface area contributed by atoms with E-state index in [1.54, 1.807) is 24.7 Å². The van der Waals surface area contributed by atoms with Crippen LogP contribution < -0.4 is 0 Å². The summed E-state index contributed by atoms with van der Waals surface area (Å²) in [6.07, 6.45) is 7.59. The summed E-state index contributed by atoms with van der Waals surface area (Å²) in [7, 11) is 1.88. The average molecular weight is 324 g/mol. The van der Waals surface area contributed by atoms with Gasteiger partial charge in [-0.2, -0.15) is 0 Å². The smallest absolute Gasteiger partial charge is 0.123 e. The van der Waals surface area contributed by atoms with Crippen LogP contribution in [0.5, 0.6) is 11.5 Å². The van der Waals surface area contributed by atoms with E-state index in [2.05, 4.69) is 24.6 Å².